The maximum atomic E-state index is 11.7. The molecule has 1 atom stereocenters. The van der Waals surface area contributed by atoms with E-state index in [4.69, 9.17) is 9.47 Å². The van der Waals surface area contributed by atoms with E-state index in [0.717, 1.165) is 25.0 Å². The molecule has 23 heavy (non-hydrogen) atoms. The summed E-state index contributed by atoms with van der Waals surface area (Å²) in [4.78, 5) is 16.1. The summed E-state index contributed by atoms with van der Waals surface area (Å²) in [5.74, 6) is 1.04. The second-order valence-electron chi connectivity index (χ2n) is 5.40. The Morgan fingerprint density at radius 3 is 3.04 bits per heavy atom. The first kappa shape index (κ1) is 15.6. The first-order valence-electron chi connectivity index (χ1n) is 7.74. The van der Waals surface area contributed by atoms with Gasteiger partial charge in [0.15, 0.2) is 5.82 Å². The van der Waals surface area contributed by atoms with Gasteiger partial charge in [-0.1, -0.05) is 30.3 Å². The largest absolute Gasteiger partial charge is 0.376 e. The molecule has 122 valence electrons. The molecule has 0 radical (unpaired) electrons. The fraction of sp³-hybridized carbons (Fsp3) is 0.438. The monoisotopic (exact) mass is 316 g/mol. The molecular formula is C16H20N4O3. The van der Waals surface area contributed by atoms with E-state index in [1.165, 1.54) is 0 Å². The van der Waals surface area contributed by atoms with Crippen molar-refractivity contribution in [2.24, 2.45) is 0 Å². The Balaban J connectivity index is 1.40. The Morgan fingerprint density at radius 2 is 2.26 bits per heavy atom. The third kappa shape index (κ3) is 4.61. The Kier molecular flexibility index (Phi) is 5.33. The number of aromatic nitrogens is 3. The van der Waals surface area contributed by atoms with Crippen LogP contribution in [0.5, 0.6) is 0 Å². The van der Waals surface area contributed by atoms with E-state index in [-0.39, 0.29) is 18.6 Å². The molecule has 2 aromatic rings. The topological polar surface area (TPSA) is 89.1 Å². The van der Waals surface area contributed by atoms with Crippen LogP contribution in [0.1, 0.15) is 18.7 Å². The van der Waals surface area contributed by atoms with Crippen molar-refractivity contribution in [1.29, 1.82) is 0 Å². The molecule has 7 nitrogen and oxygen atoms in total. The molecule has 1 aromatic carbocycles. The van der Waals surface area contributed by atoms with Crippen LogP contribution in [-0.4, -0.2) is 47.0 Å². The predicted octanol–water partition coefficient (Wildman–Crippen LogP) is 1.28. The molecule has 1 aromatic heterocycles. The molecule has 0 unspecified atom stereocenters. The Morgan fingerprint density at radius 1 is 1.39 bits per heavy atom. The minimum absolute atomic E-state index is 0.0273. The molecule has 0 spiro atoms. The highest BCUT2D eigenvalue weighted by atomic mass is 16.5. The van der Waals surface area contributed by atoms with Crippen LogP contribution >= 0.6 is 0 Å². The lowest BCUT2D eigenvalue weighted by atomic mass is 10.2. The quantitative estimate of drug-likeness (QED) is 0.803. The van der Waals surface area contributed by atoms with Crippen LogP contribution in [0.15, 0.2) is 30.3 Å². The van der Waals surface area contributed by atoms with E-state index in [1.807, 2.05) is 30.3 Å². The second-order valence-corrected chi connectivity index (χ2v) is 5.40. The average molecular weight is 316 g/mol. The van der Waals surface area contributed by atoms with Crippen LogP contribution in [0.3, 0.4) is 0 Å². The SMILES string of the molecule is O=C(COC[C@H]1CCCO1)NCc1nc(-c2ccccc2)n[nH]1. The Bertz CT molecular complexity index is 623. The molecule has 7 heteroatoms. The minimum atomic E-state index is -0.180. The molecule has 1 aliphatic rings. The fourth-order valence-electron chi connectivity index (χ4n) is 2.38. The predicted molar refractivity (Wildman–Crippen MR) is 83.5 cm³/mol. The summed E-state index contributed by atoms with van der Waals surface area (Å²) in [6, 6.07) is 9.67. The standard InChI is InChI=1S/C16H20N4O3/c21-15(11-22-10-13-7-4-8-23-13)17-9-14-18-16(20-19-14)12-5-2-1-3-6-12/h1-3,5-6,13H,4,7-11H2,(H,17,21)(H,18,19,20)/t13-/m1/s1. The van der Waals surface area contributed by atoms with Gasteiger partial charge in [0.25, 0.3) is 0 Å². The number of benzene rings is 1. The molecule has 0 bridgehead atoms. The van der Waals surface area contributed by atoms with Crippen LogP contribution in [0.4, 0.5) is 0 Å². The molecule has 2 N–H and O–H groups in total. The number of ether oxygens (including phenoxy) is 2. The van der Waals surface area contributed by atoms with Gasteiger partial charge in [-0.05, 0) is 12.8 Å². The molecule has 1 fully saturated rings. The van der Waals surface area contributed by atoms with Gasteiger partial charge >= 0.3 is 0 Å². The lowest BCUT2D eigenvalue weighted by Gasteiger charge is -2.09. The van der Waals surface area contributed by atoms with Gasteiger partial charge in [0.2, 0.25) is 5.91 Å². The van der Waals surface area contributed by atoms with Gasteiger partial charge in [-0.15, -0.1) is 0 Å². The zero-order valence-electron chi connectivity index (χ0n) is 12.8. The zero-order valence-corrected chi connectivity index (χ0v) is 12.8. The lowest BCUT2D eigenvalue weighted by molar-refractivity contribution is -0.127. The van der Waals surface area contributed by atoms with E-state index in [0.29, 0.717) is 24.8 Å². The van der Waals surface area contributed by atoms with E-state index < -0.39 is 0 Å². The molecular weight excluding hydrogens is 296 g/mol. The summed E-state index contributed by atoms with van der Waals surface area (Å²) >= 11 is 0. The number of amides is 1. The third-order valence-corrected chi connectivity index (χ3v) is 3.58. The fourth-order valence-corrected chi connectivity index (χ4v) is 2.38. The molecule has 0 aliphatic carbocycles. The summed E-state index contributed by atoms with van der Waals surface area (Å²) in [5.41, 5.74) is 0.932. The Labute approximate surface area is 134 Å². The van der Waals surface area contributed by atoms with Crippen molar-refractivity contribution >= 4 is 5.91 Å². The number of nitrogens with zero attached hydrogens (tertiary/aromatic N) is 2. The van der Waals surface area contributed by atoms with E-state index >= 15 is 0 Å². The summed E-state index contributed by atoms with van der Waals surface area (Å²) in [6.07, 6.45) is 2.20. The van der Waals surface area contributed by atoms with Crippen molar-refractivity contribution < 1.29 is 14.3 Å². The van der Waals surface area contributed by atoms with E-state index in [1.54, 1.807) is 0 Å². The maximum Gasteiger partial charge on any atom is 0.246 e. The molecule has 1 amide bonds. The summed E-state index contributed by atoms with van der Waals surface area (Å²) in [5, 5.41) is 9.72. The number of H-pyrrole nitrogens is 1. The van der Waals surface area contributed by atoms with Gasteiger partial charge in [-0.25, -0.2) is 4.98 Å². The molecule has 2 heterocycles. The van der Waals surface area contributed by atoms with Crippen molar-refractivity contribution in [1.82, 2.24) is 20.5 Å². The highest BCUT2D eigenvalue weighted by molar-refractivity contribution is 5.77. The van der Waals surface area contributed by atoms with Crippen molar-refractivity contribution in [2.75, 3.05) is 19.8 Å². The number of hydrogen-bond acceptors (Lipinski definition) is 5. The van der Waals surface area contributed by atoms with Crippen molar-refractivity contribution in [3.8, 4) is 11.4 Å². The lowest BCUT2D eigenvalue weighted by Crippen LogP contribution is -2.29. The zero-order chi connectivity index (χ0) is 15.9. The van der Waals surface area contributed by atoms with Crippen LogP contribution in [0, 0.1) is 0 Å². The summed E-state index contributed by atoms with van der Waals surface area (Å²) < 4.78 is 10.8. The van der Waals surface area contributed by atoms with Crippen molar-refractivity contribution in [2.45, 2.75) is 25.5 Å². The number of hydrogen-bond donors (Lipinski definition) is 2. The van der Waals surface area contributed by atoms with Gasteiger partial charge in [0.05, 0.1) is 19.3 Å². The van der Waals surface area contributed by atoms with Crippen LogP contribution in [0.2, 0.25) is 0 Å². The summed E-state index contributed by atoms with van der Waals surface area (Å²) in [6.45, 7) is 1.57. The number of carbonyl (C=O) groups is 1. The first-order chi connectivity index (χ1) is 11.3. The number of rotatable bonds is 7. The highest BCUT2D eigenvalue weighted by Gasteiger charge is 2.16. The van der Waals surface area contributed by atoms with Crippen LogP contribution in [-0.2, 0) is 20.8 Å². The van der Waals surface area contributed by atoms with Gasteiger partial charge < -0.3 is 14.8 Å². The smallest absolute Gasteiger partial charge is 0.246 e. The van der Waals surface area contributed by atoms with Crippen molar-refractivity contribution in [3.63, 3.8) is 0 Å². The van der Waals surface area contributed by atoms with E-state index in [9.17, 15) is 4.79 Å². The second kappa shape index (κ2) is 7.85. The van der Waals surface area contributed by atoms with Crippen molar-refractivity contribution in [3.05, 3.63) is 36.2 Å². The normalized spacial score (nSPS) is 17.3. The van der Waals surface area contributed by atoms with Gasteiger partial charge in [-0.2, -0.15) is 5.10 Å². The van der Waals surface area contributed by atoms with Gasteiger partial charge in [0.1, 0.15) is 12.4 Å². The number of carbonyl (C=O) groups excluding carboxylic acids is 1. The number of nitrogens with one attached hydrogen (secondary N) is 2. The number of aromatic amines is 1. The van der Waals surface area contributed by atoms with Crippen LogP contribution < -0.4 is 5.32 Å². The van der Waals surface area contributed by atoms with Gasteiger partial charge in [0, 0.05) is 12.2 Å². The van der Waals surface area contributed by atoms with Crippen LogP contribution in [0.25, 0.3) is 11.4 Å². The minimum Gasteiger partial charge on any atom is -0.376 e. The van der Waals surface area contributed by atoms with E-state index in [2.05, 4.69) is 20.5 Å². The molecule has 1 aliphatic heterocycles. The highest BCUT2D eigenvalue weighted by Crippen LogP contribution is 2.13. The average Bonchev–Trinajstić information content (AvgIpc) is 3.25. The van der Waals surface area contributed by atoms with Gasteiger partial charge in [-0.3, -0.25) is 9.89 Å². The molecule has 1 saturated heterocycles. The third-order valence-electron chi connectivity index (χ3n) is 3.58. The summed E-state index contributed by atoms with van der Waals surface area (Å²) in [7, 11) is 0. The first-order valence-corrected chi connectivity index (χ1v) is 7.74. The Hall–Kier alpha value is -2.25. The maximum absolute atomic E-state index is 11.7. The molecule has 0 saturated carbocycles. The molecule has 3 rings (SSSR count).